The molecule has 1 saturated heterocycles. The normalized spacial score (nSPS) is 17.8. The molecule has 2 N–H and O–H groups in total. The number of rotatable bonds is 7. The minimum Gasteiger partial charge on any atom is -0.350 e. The first-order valence-corrected chi connectivity index (χ1v) is 9.37. The average Bonchev–Trinajstić information content (AvgIpc) is 2.92. The Morgan fingerprint density at radius 2 is 1.96 bits per heavy atom. The Hall–Kier alpha value is -1.74. The number of hydrogen-bond donors (Lipinski definition) is 2. The van der Waals surface area contributed by atoms with Gasteiger partial charge in [-0.15, -0.1) is 11.8 Å². The number of halogens is 3. The van der Waals surface area contributed by atoms with Gasteiger partial charge in [-0.1, -0.05) is 12.1 Å². The molecule has 0 radical (unpaired) electrons. The van der Waals surface area contributed by atoms with E-state index in [0.29, 0.717) is 12.1 Å². The molecule has 26 heavy (non-hydrogen) atoms. The summed E-state index contributed by atoms with van der Waals surface area (Å²) >= 11 is 1.36. The van der Waals surface area contributed by atoms with Crippen LogP contribution in [0.15, 0.2) is 24.3 Å². The van der Waals surface area contributed by atoms with Gasteiger partial charge in [-0.05, 0) is 17.7 Å². The highest BCUT2D eigenvalue weighted by molar-refractivity contribution is 8.00. The Kier molecular flexibility index (Phi) is 6.94. The van der Waals surface area contributed by atoms with Gasteiger partial charge in [0.15, 0.2) is 0 Å². The summed E-state index contributed by atoms with van der Waals surface area (Å²) in [6.45, 7) is 1.61. The van der Waals surface area contributed by atoms with E-state index < -0.39 is 11.7 Å². The van der Waals surface area contributed by atoms with Crippen molar-refractivity contribution in [2.45, 2.75) is 18.0 Å². The summed E-state index contributed by atoms with van der Waals surface area (Å²) in [6.07, 6.45) is -4.21. The largest absolute Gasteiger partial charge is 0.416 e. The second-order valence-corrected chi connectivity index (χ2v) is 7.50. The number of amides is 2. The average molecular weight is 390 g/mol. The molecule has 1 fully saturated rings. The smallest absolute Gasteiger partial charge is 0.350 e. The Balaban J connectivity index is 1.94. The number of carbonyl (C=O) groups is 2. The van der Waals surface area contributed by atoms with E-state index in [0.717, 1.165) is 18.7 Å². The highest BCUT2D eigenvalue weighted by atomic mass is 32.2. The third-order valence-corrected chi connectivity index (χ3v) is 5.27. The van der Waals surface area contributed by atoms with Crippen LogP contribution in [0.5, 0.6) is 0 Å². The molecule has 2 rings (SSSR count). The minimum atomic E-state index is -4.39. The summed E-state index contributed by atoms with van der Waals surface area (Å²) < 4.78 is 38.0. The molecule has 2 amide bonds. The number of quaternary nitrogens is 1. The van der Waals surface area contributed by atoms with Crippen LogP contribution >= 0.6 is 11.8 Å². The molecule has 1 aromatic carbocycles. The van der Waals surface area contributed by atoms with E-state index in [1.807, 2.05) is 14.1 Å². The summed E-state index contributed by atoms with van der Waals surface area (Å²) in [5.74, 6) is 0.0182. The number of alkyl halides is 3. The highest BCUT2D eigenvalue weighted by Crippen LogP contribution is 2.39. The zero-order valence-electron chi connectivity index (χ0n) is 14.7. The van der Waals surface area contributed by atoms with Crippen LogP contribution in [-0.4, -0.2) is 56.2 Å². The maximum absolute atomic E-state index is 12.7. The first-order chi connectivity index (χ1) is 12.2. The van der Waals surface area contributed by atoms with Crippen LogP contribution in [0.25, 0.3) is 0 Å². The van der Waals surface area contributed by atoms with Crippen LogP contribution in [0.2, 0.25) is 0 Å². The molecule has 1 aliphatic heterocycles. The third kappa shape index (κ3) is 5.63. The Morgan fingerprint density at radius 1 is 1.31 bits per heavy atom. The lowest BCUT2D eigenvalue weighted by molar-refractivity contribution is -0.856. The van der Waals surface area contributed by atoms with Gasteiger partial charge in [0, 0.05) is 13.0 Å². The minimum absolute atomic E-state index is 0.106. The molecule has 5 nitrogen and oxygen atoms in total. The van der Waals surface area contributed by atoms with Crippen molar-refractivity contribution in [3.63, 3.8) is 0 Å². The van der Waals surface area contributed by atoms with Gasteiger partial charge >= 0.3 is 6.18 Å². The van der Waals surface area contributed by atoms with Crippen molar-refractivity contribution in [1.82, 2.24) is 10.2 Å². The fraction of sp³-hybridized carbons (Fsp3) is 0.529. The maximum atomic E-state index is 12.7. The highest BCUT2D eigenvalue weighted by Gasteiger charge is 2.34. The topological polar surface area (TPSA) is 53.9 Å². The van der Waals surface area contributed by atoms with E-state index in [2.05, 4.69) is 5.32 Å². The SMILES string of the molecule is C[NH+](C)CCNC(=O)CCN1C(=O)CS[C@@H]1c1ccc(C(F)(F)F)cc1. The first-order valence-electron chi connectivity index (χ1n) is 8.32. The molecule has 1 aliphatic rings. The molecule has 0 aromatic heterocycles. The summed E-state index contributed by atoms with van der Waals surface area (Å²) in [6, 6.07) is 4.83. The summed E-state index contributed by atoms with van der Waals surface area (Å²) in [5.41, 5.74) is -0.0880. The molecule has 144 valence electrons. The third-order valence-electron chi connectivity index (χ3n) is 4.02. The van der Waals surface area contributed by atoms with Crippen LogP contribution in [0.4, 0.5) is 13.2 Å². The van der Waals surface area contributed by atoms with Crippen LogP contribution in [0.1, 0.15) is 22.9 Å². The molecule has 9 heteroatoms. The van der Waals surface area contributed by atoms with Crippen molar-refractivity contribution in [3.05, 3.63) is 35.4 Å². The van der Waals surface area contributed by atoms with E-state index in [4.69, 9.17) is 0 Å². The second-order valence-electron chi connectivity index (χ2n) is 6.43. The Labute approximate surface area is 154 Å². The standard InChI is InChI=1S/C17H22F3N3O2S/c1-22(2)10-8-21-14(24)7-9-23-15(25)11-26-16(23)12-3-5-13(6-4-12)17(18,19)20/h3-6,16H,7-11H2,1-2H3,(H,21,24)/p+1/t16-/m1/s1. The predicted octanol–water partition coefficient (Wildman–Crippen LogP) is 0.930. The van der Waals surface area contributed by atoms with Crippen molar-refractivity contribution >= 4 is 23.6 Å². The molecule has 0 aliphatic carbocycles. The van der Waals surface area contributed by atoms with Gasteiger partial charge < -0.3 is 15.1 Å². The van der Waals surface area contributed by atoms with Gasteiger partial charge in [0.1, 0.15) is 5.37 Å². The monoisotopic (exact) mass is 390 g/mol. The van der Waals surface area contributed by atoms with E-state index in [1.165, 1.54) is 28.8 Å². The van der Waals surface area contributed by atoms with Gasteiger partial charge in [0.05, 0.1) is 38.5 Å². The molecular formula is C17H23F3N3O2S+. The lowest BCUT2D eigenvalue weighted by Crippen LogP contribution is -3.06. The zero-order chi connectivity index (χ0) is 19.3. The Bertz CT molecular complexity index is 635. The Morgan fingerprint density at radius 3 is 2.54 bits per heavy atom. The summed E-state index contributed by atoms with van der Waals surface area (Å²) in [7, 11) is 3.97. The predicted molar refractivity (Wildman–Crippen MR) is 93.7 cm³/mol. The number of nitrogens with zero attached hydrogens (tertiary/aromatic N) is 1. The van der Waals surface area contributed by atoms with E-state index in [1.54, 1.807) is 4.90 Å². The summed E-state index contributed by atoms with van der Waals surface area (Å²) in [5, 5.41) is 2.44. The zero-order valence-corrected chi connectivity index (χ0v) is 15.5. The van der Waals surface area contributed by atoms with Crippen LogP contribution in [-0.2, 0) is 15.8 Å². The lowest BCUT2D eigenvalue weighted by Gasteiger charge is -2.24. The molecule has 0 saturated carbocycles. The number of nitrogens with one attached hydrogen (secondary N) is 2. The molecule has 1 atom stereocenters. The van der Waals surface area contributed by atoms with Crippen molar-refractivity contribution in [1.29, 1.82) is 0 Å². The van der Waals surface area contributed by atoms with Crippen LogP contribution < -0.4 is 10.2 Å². The molecule has 0 spiro atoms. The number of thioether (sulfide) groups is 1. The first kappa shape index (κ1) is 20.6. The lowest BCUT2D eigenvalue weighted by atomic mass is 10.1. The number of hydrogen-bond acceptors (Lipinski definition) is 3. The molecular weight excluding hydrogens is 367 g/mol. The van der Waals surface area contributed by atoms with Gasteiger partial charge in [-0.25, -0.2) is 0 Å². The van der Waals surface area contributed by atoms with E-state index in [9.17, 15) is 22.8 Å². The van der Waals surface area contributed by atoms with Crippen molar-refractivity contribution in [2.75, 3.05) is 39.5 Å². The van der Waals surface area contributed by atoms with Crippen LogP contribution in [0, 0.1) is 0 Å². The van der Waals surface area contributed by atoms with Gasteiger partial charge in [-0.3, -0.25) is 9.59 Å². The number of carbonyl (C=O) groups excluding carboxylic acids is 2. The quantitative estimate of drug-likeness (QED) is 0.728. The number of benzene rings is 1. The second kappa shape index (κ2) is 8.77. The molecule has 0 bridgehead atoms. The van der Waals surface area contributed by atoms with E-state index in [-0.39, 0.29) is 35.9 Å². The fourth-order valence-electron chi connectivity index (χ4n) is 2.57. The molecule has 1 aromatic rings. The van der Waals surface area contributed by atoms with Crippen LogP contribution in [0.3, 0.4) is 0 Å². The van der Waals surface area contributed by atoms with Crippen molar-refractivity contribution in [2.24, 2.45) is 0 Å². The number of likely N-dealkylation sites (N-methyl/N-ethyl adjacent to an activating group) is 1. The van der Waals surface area contributed by atoms with Gasteiger partial charge in [0.2, 0.25) is 11.8 Å². The summed E-state index contributed by atoms with van der Waals surface area (Å²) in [4.78, 5) is 26.8. The maximum Gasteiger partial charge on any atom is 0.416 e. The van der Waals surface area contributed by atoms with Gasteiger partial charge in [0.25, 0.3) is 0 Å². The van der Waals surface area contributed by atoms with E-state index >= 15 is 0 Å². The van der Waals surface area contributed by atoms with Gasteiger partial charge in [-0.2, -0.15) is 13.2 Å². The molecule has 0 unspecified atom stereocenters. The van der Waals surface area contributed by atoms with Crippen molar-refractivity contribution < 1.29 is 27.7 Å². The fourth-order valence-corrected chi connectivity index (χ4v) is 3.79. The van der Waals surface area contributed by atoms with Crippen molar-refractivity contribution in [3.8, 4) is 0 Å². The molecule has 1 heterocycles.